The Bertz CT molecular complexity index is 1980. The Hall–Kier alpha value is -6.11. The zero-order valence-corrected chi connectivity index (χ0v) is 36.7. The molecule has 62 heavy (non-hydrogen) atoms. The van der Waals surface area contributed by atoms with Crippen molar-refractivity contribution in [2.75, 3.05) is 27.2 Å². The highest BCUT2D eigenvalue weighted by Crippen LogP contribution is 2.26. The molecule has 338 valence electrons. The number of carbonyl (C=O) groups excluding carboxylic acids is 8. The summed E-state index contributed by atoms with van der Waals surface area (Å²) in [6.45, 7) is 11.0. The number of cyclic esters (lactones) is 1. The van der Waals surface area contributed by atoms with Gasteiger partial charge in [0.05, 0.1) is 12.6 Å². The van der Waals surface area contributed by atoms with Gasteiger partial charge in [-0.1, -0.05) is 65.0 Å². The minimum atomic E-state index is -1.74. The van der Waals surface area contributed by atoms with Crippen molar-refractivity contribution in [1.29, 1.82) is 0 Å². The Balaban J connectivity index is 1.84. The predicted octanol–water partition coefficient (Wildman–Crippen LogP) is 0.263. The first-order valence-corrected chi connectivity index (χ1v) is 20.7. The summed E-state index contributed by atoms with van der Waals surface area (Å²) in [4.78, 5) is 119. The molecule has 0 radical (unpaired) electrons. The van der Waals surface area contributed by atoms with E-state index in [0.29, 0.717) is 5.56 Å². The maximum atomic E-state index is 14.4. The summed E-state index contributed by atoms with van der Waals surface area (Å²) in [5.41, 5.74) is -0.148. The highest BCUT2D eigenvalue weighted by molar-refractivity contribution is 6.00. The zero-order valence-electron chi connectivity index (χ0n) is 36.7. The number of aromatic nitrogens is 1. The Morgan fingerprint density at radius 3 is 2.16 bits per heavy atom. The van der Waals surface area contributed by atoms with Crippen molar-refractivity contribution in [2.45, 2.75) is 110 Å². The molecule has 2 aliphatic heterocycles. The van der Waals surface area contributed by atoms with E-state index in [0.717, 1.165) is 14.7 Å². The van der Waals surface area contributed by atoms with Crippen LogP contribution in [0.2, 0.25) is 0 Å². The molecular formula is C43H60N8O11. The minimum Gasteiger partial charge on any atom is -0.505 e. The molecule has 2 aliphatic rings. The van der Waals surface area contributed by atoms with Crippen molar-refractivity contribution in [3.05, 3.63) is 59.9 Å². The SMILES string of the molecule is CC(C)C[C@H]1NC(=O)[C@@H](NC(=O)c2ncccc2O)C(C)OC(=O)C(c2ccccc2)N(C)C(=O)C(C)NC(=O)[C@@H](C(C)C(C)C)NC(=O)CN(C)C(=O)C2CC(O)CN2C1=O. The number of aliphatic hydroxyl groups excluding tert-OH is 1. The lowest BCUT2D eigenvalue weighted by Crippen LogP contribution is -2.60. The van der Waals surface area contributed by atoms with E-state index in [9.17, 15) is 48.6 Å². The summed E-state index contributed by atoms with van der Waals surface area (Å²) in [6, 6.07) is 2.53. The summed E-state index contributed by atoms with van der Waals surface area (Å²) in [7, 11) is 2.67. The number of hydrogen-bond donors (Lipinski definition) is 6. The number of aromatic hydroxyl groups is 1. The van der Waals surface area contributed by atoms with Gasteiger partial charge in [0, 0.05) is 33.3 Å². The Morgan fingerprint density at radius 1 is 0.887 bits per heavy atom. The van der Waals surface area contributed by atoms with E-state index in [1.54, 1.807) is 51.1 Å². The number of likely N-dealkylation sites (N-methyl/N-ethyl adjacent to an activating group) is 2. The number of benzene rings is 1. The van der Waals surface area contributed by atoms with Gasteiger partial charge in [-0.3, -0.25) is 33.6 Å². The number of esters is 1. The van der Waals surface area contributed by atoms with Gasteiger partial charge in [0.1, 0.15) is 42.1 Å². The Kier molecular flexibility index (Phi) is 16.5. The van der Waals surface area contributed by atoms with Crippen LogP contribution in [-0.2, 0) is 38.3 Å². The van der Waals surface area contributed by atoms with Crippen LogP contribution in [0.3, 0.4) is 0 Å². The largest absolute Gasteiger partial charge is 0.505 e. The summed E-state index contributed by atoms with van der Waals surface area (Å²) in [5, 5.41) is 31.7. The average Bonchev–Trinajstić information content (AvgIpc) is 3.61. The molecule has 6 N–H and O–H groups in total. The third-order valence-corrected chi connectivity index (χ3v) is 11.2. The van der Waals surface area contributed by atoms with Gasteiger partial charge >= 0.3 is 5.97 Å². The van der Waals surface area contributed by atoms with E-state index in [2.05, 4.69) is 26.3 Å². The van der Waals surface area contributed by atoms with Gasteiger partial charge in [0.25, 0.3) is 5.91 Å². The second-order valence-electron chi connectivity index (χ2n) is 16.9. The lowest BCUT2D eigenvalue weighted by Gasteiger charge is -2.34. The first kappa shape index (κ1) is 48.6. The number of ether oxygens (including phenoxy) is 1. The van der Waals surface area contributed by atoms with Gasteiger partial charge in [0.2, 0.25) is 35.4 Å². The lowest BCUT2D eigenvalue weighted by molar-refractivity contribution is -0.161. The number of pyridine rings is 1. The normalized spacial score (nSPS) is 27.1. The minimum absolute atomic E-state index is 0.0326. The molecule has 19 heteroatoms. The number of hydrogen-bond acceptors (Lipinski definition) is 12. The lowest BCUT2D eigenvalue weighted by atomic mass is 9.89. The molecule has 9 atom stereocenters. The Labute approximate surface area is 361 Å². The molecular weight excluding hydrogens is 805 g/mol. The van der Waals surface area contributed by atoms with Crippen LogP contribution in [0.1, 0.15) is 83.4 Å². The molecule has 7 amide bonds. The summed E-state index contributed by atoms with van der Waals surface area (Å²) >= 11 is 0. The van der Waals surface area contributed by atoms with Crippen molar-refractivity contribution in [2.24, 2.45) is 17.8 Å². The Morgan fingerprint density at radius 2 is 1.55 bits per heavy atom. The highest BCUT2D eigenvalue weighted by atomic mass is 16.5. The third-order valence-electron chi connectivity index (χ3n) is 11.2. The van der Waals surface area contributed by atoms with Gasteiger partial charge in [-0.05, 0) is 55.7 Å². The maximum Gasteiger partial charge on any atom is 0.333 e. The fourth-order valence-corrected chi connectivity index (χ4v) is 7.48. The third kappa shape index (κ3) is 11.8. The van der Waals surface area contributed by atoms with Crippen LogP contribution in [0.5, 0.6) is 5.75 Å². The standard InChI is InChI=1S/C43H60N8O11/c1-22(2)18-29-41(59)51-20-28(52)19-30(51)42(60)49(8)21-32(54)47-33(24(5)23(3)4)37(55)45-25(6)40(58)50(9)36(27-14-11-10-12-15-27)43(61)62-26(7)34(38(56)46-29)48-39(57)35-31(53)16-13-17-44-35/h10-17,22-26,28-30,33-34,36,52-53H,18-21H2,1-9H3,(H,45,55)(H,46,56)(H,47,54)(H,48,57)/t24?,25?,26?,28?,29-,30?,33-,34+,36?/m1/s1. The van der Waals surface area contributed by atoms with E-state index < -0.39 is 120 Å². The number of aliphatic hydroxyl groups is 1. The molecule has 0 bridgehead atoms. The topological polar surface area (TPSA) is 257 Å². The zero-order chi connectivity index (χ0) is 46.2. The van der Waals surface area contributed by atoms with Gasteiger partial charge in [0.15, 0.2) is 11.7 Å². The van der Waals surface area contributed by atoms with Crippen LogP contribution < -0.4 is 21.3 Å². The van der Waals surface area contributed by atoms with Gasteiger partial charge in [-0.2, -0.15) is 0 Å². The van der Waals surface area contributed by atoms with E-state index in [-0.39, 0.29) is 31.2 Å². The molecule has 19 nitrogen and oxygen atoms in total. The van der Waals surface area contributed by atoms with Crippen molar-refractivity contribution >= 4 is 47.3 Å². The molecule has 1 aromatic heterocycles. The molecule has 4 rings (SSSR count). The number of fused-ring (bicyclic) bond motifs is 1. The fraction of sp³-hybridized carbons (Fsp3) is 0.558. The van der Waals surface area contributed by atoms with Crippen molar-refractivity contribution < 1.29 is 53.3 Å². The van der Waals surface area contributed by atoms with Crippen LogP contribution in [-0.4, -0.2) is 147 Å². The van der Waals surface area contributed by atoms with Crippen LogP contribution in [0.4, 0.5) is 0 Å². The fourth-order valence-electron chi connectivity index (χ4n) is 7.48. The molecule has 2 fully saturated rings. The van der Waals surface area contributed by atoms with Crippen molar-refractivity contribution in [3.8, 4) is 5.75 Å². The molecule has 0 aliphatic carbocycles. The molecule has 2 saturated heterocycles. The second-order valence-corrected chi connectivity index (χ2v) is 16.9. The maximum absolute atomic E-state index is 14.4. The number of nitrogens with zero attached hydrogens (tertiary/aromatic N) is 4. The number of nitrogens with one attached hydrogen (secondary N) is 4. The number of amides is 7. The average molecular weight is 865 g/mol. The molecule has 3 heterocycles. The molecule has 6 unspecified atom stereocenters. The van der Waals surface area contributed by atoms with E-state index in [1.807, 2.05) is 13.8 Å². The first-order chi connectivity index (χ1) is 29.1. The van der Waals surface area contributed by atoms with Crippen LogP contribution in [0.15, 0.2) is 48.7 Å². The summed E-state index contributed by atoms with van der Waals surface area (Å²) in [5.74, 6) is -7.91. The van der Waals surface area contributed by atoms with Gasteiger partial charge in [-0.25, -0.2) is 9.78 Å². The van der Waals surface area contributed by atoms with Gasteiger partial charge < -0.3 is 50.9 Å². The number of carbonyl (C=O) groups is 8. The van der Waals surface area contributed by atoms with E-state index in [1.165, 1.54) is 46.3 Å². The molecule has 0 spiro atoms. The molecule has 2 aromatic rings. The molecule has 1 aromatic carbocycles. The van der Waals surface area contributed by atoms with Crippen LogP contribution in [0.25, 0.3) is 0 Å². The van der Waals surface area contributed by atoms with Gasteiger partial charge in [-0.15, -0.1) is 0 Å². The quantitative estimate of drug-likeness (QED) is 0.205. The van der Waals surface area contributed by atoms with E-state index in [4.69, 9.17) is 4.74 Å². The second kappa shape index (κ2) is 21.1. The first-order valence-electron chi connectivity index (χ1n) is 20.7. The number of rotatable bonds is 7. The predicted molar refractivity (Wildman–Crippen MR) is 223 cm³/mol. The monoisotopic (exact) mass is 864 g/mol. The summed E-state index contributed by atoms with van der Waals surface area (Å²) in [6.07, 6.45) is -1.53. The van der Waals surface area contributed by atoms with Crippen molar-refractivity contribution in [1.82, 2.24) is 41.0 Å². The highest BCUT2D eigenvalue weighted by Gasteiger charge is 2.45. The van der Waals surface area contributed by atoms with E-state index >= 15 is 0 Å². The molecule has 0 saturated carbocycles. The summed E-state index contributed by atoms with van der Waals surface area (Å²) < 4.78 is 5.89. The smallest absolute Gasteiger partial charge is 0.333 e. The van der Waals surface area contributed by atoms with Crippen LogP contribution in [0, 0.1) is 17.8 Å². The van der Waals surface area contributed by atoms with Crippen LogP contribution >= 0.6 is 0 Å². The van der Waals surface area contributed by atoms with Crippen molar-refractivity contribution in [3.63, 3.8) is 0 Å².